The average Bonchev–Trinajstić information content (AvgIpc) is 2.22. The summed E-state index contributed by atoms with van der Waals surface area (Å²) in [5.74, 6) is 1.63. The smallest absolute Gasteiger partial charge is 0.224 e. The molecule has 2 N–H and O–H groups in total. The van der Waals surface area contributed by atoms with Crippen molar-refractivity contribution in [1.29, 1.82) is 0 Å². The van der Waals surface area contributed by atoms with Gasteiger partial charge in [-0.15, -0.1) is 0 Å². The lowest BCUT2D eigenvalue weighted by atomic mass is 10.2. The summed E-state index contributed by atoms with van der Waals surface area (Å²) in [5, 5.41) is 0. The van der Waals surface area contributed by atoms with Gasteiger partial charge in [0.05, 0.1) is 0 Å². The number of rotatable bonds is 2. The number of hydrogen-bond acceptors (Lipinski definition) is 4. The van der Waals surface area contributed by atoms with Crippen LogP contribution in [0.25, 0.3) is 0 Å². The lowest BCUT2D eigenvalue weighted by Gasteiger charge is -2.06. The van der Waals surface area contributed by atoms with Crippen LogP contribution in [0.1, 0.15) is 5.56 Å². The first-order valence-electron chi connectivity index (χ1n) is 4.57. The van der Waals surface area contributed by atoms with Gasteiger partial charge >= 0.3 is 0 Å². The molecule has 0 saturated heterocycles. The first-order valence-corrected chi connectivity index (χ1v) is 4.57. The monoisotopic (exact) mass is 201 g/mol. The third-order valence-electron chi connectivity index (χ3n) is 1.97. The molecule has 15 heavy (non-hydrogen) atoms. The molecule has 76 valence electrons. The van der Waals surface area contributed by atoms with Crippen LogP contribution in [0, 0.1) is 6.92 Å². The Morgan fingerprint density at radius 1 is 1.20 bits per heavy atom. The van der Waals surface area contributed by atoms with Crippen LogP contribution in [-0.4, -0.2) is 9.97 Å². The summed E-state index contributed by atoms with van der Waals surface area (Å²) in [7, 11) is 0. The topological polar surface area (TPSA) is 61.0 Å². The second-order valence-corrected chi connectivity index (χ2v) is 3.15. The maximum absolute atomic E-state index is 5.56. The predicted octanol–water partition coefficient (Wildman–Crippen LogP) is 2.16. The van der Waals surface area contributed by atoms with Crippen molar-refractivity contribution in [1.82, 2.24) is 9.97 Å². The van der Waals surface area contributed by atoms with Crippen LogP contribution in [0.3, 0.4) is 0 Å². The number of aryl methyl sites for hydroxylation is 1. The predicted molar refractivity (Wildman–Crippen MR) is 57.7 cm³/mol. The minimum absolute atomic E-state index is 0.397. The molecular weight excluding hydrogens is 190 g/mol. The highest BCUT2D eigenvalue weighted by Gasteiger charge is 2.01. The van der Waals surface area contributed by atoms with E-state index in [0.29, 0.717) is 11.7 Å². The van der Waals surface area contributed by atoms with E-state index in [4.69, 9.17) is 10.5 Å². The molecular formula is C11H11N3O. The van der Waals surface area contributed by atoms with Crippen molar-refractivity contribution in [3.8, 4) is 11.6 Å². The highest BCUT2D eigenvalue weighted by atomic mass is 16.5. The van der Waals surface area contributed by atoms with E-state index in [1.807, 2.05) is 31.2 Å². The second kappa shape index (κ2) is 3.96. The molecule has 0 aliphatic rings. The third kappa shape index (κ3) is 2.22. The SMILES string of the molecule is Cc1ccccc1Oc1cc(N)ncn1. The Bertz CT molecular complexity index is 471. The molecule has 0 aliphatic heterocycles. The number of nitrogen functional groups attached to an aromatic ring is 1. The van der Waals surface area contributed by atoms with Crippen LogP contribution in [0.2, 0.25) is 0 Å². The maximum atomic E-state index is 5.56. The highest BCUT2D eigenvalue weighted by Crippen LogP contribution is 2.22. The second-order valence-electron chi connectivity index (χ2n) is 3.15. The molecule has 1 aromatic heterocycles. The molecule has 0 amide bonds. The Balaban J connectivity index is 2.26. The molecule has 0 spiro atoms. The minimum atomic E-state index is 0.397. The fraction of sp³-hybridized carbons (Fsp3) is 0.0909. The van der Waals surface area contributed by atoms with Gasteiger partial charge in [-0.2, -0.15) is 0 Å². The highest BCUT2D eigenvalue weighted by molar-refractivity contribution is 5.37. The zero-order chi connectivity index (χ0) is 10.7. The summed E-state index contributed by atoms with van der Waals surface area (Å²) in [6.45, 7) is 1.97. The van der Waals surface area contributed by atoms with Crippen molar-refractivity contribution in [2.45, 2.75) is 6.92 Å². The summed E-state index contributed by atoms with van der Waals surface area (Å²) in [5.41, 5.74) is 6.57. The fourth-order valence-electron chi connectivity index (χ4n) is 1.19. The molecule has 0 aliphatic carbocycles. The lowest BCUT2D eigenvalue weighted by Crippen LogP contribution is -1.94. The van der Waals surface area contributed by atoms with Gasteiger partial charge in [-0.3, -0.25) is 0 Å². The van der Waals surface area contributed by atoms with Gasteiger partial charge < -0.3 is 10.5 Å². The minimum Gasteiger partial charge on any atom is -0.439 e. The van der Waals surface area contributed by atoms with Crippen LogP contribution >= 0.6 is 0 Å². The Kier molecular flexibility index (Phi) is 2.49. The molecule has 0 fully saturated rings. The van der Waals surface area contributed by atoms with E-state index in [1.54, 1.807) is 6.07 Å². The zero-order valence-electron chi connectivity index (χ0n) is 8.34. The van der Waals surface area contributed by atoms with Crippen molar-refractivity contribution in [3.63, 3.8) is 0 Å². The fourth-order valence-corrected chi connectivity index (χ4v) is 1.19. The zero-order valence-corrected chi connectivity index (χ0v) is 8.34. The molecule has 1 aromatic carbocycles. The van der Waals surface area contributed by atoms with Crippen molar-refractivity contribution >= 4 is 5.82 Å². The number of hydrogen-bond donors (Lipinski definition) is 1. The van der Waals surface area contributed by atoms with Gasteiger partial charge in [0.2, 0.25) is 5.88 Å². The molecule has 4 nitrogen and oxygen atoms in total. The van der Waals surface area contributed by atoms with Crippen LogP contribution in [0.5, 0.6) is 11.6 Å². The van der Waals surface area contributed by atoms with Crippen LogP contribution in [0.15, 0.2) is 36.7 Å². The summed E-state index contributed by atoms with van der Waals surface area (Å²) in [6.07, 6.45) is 1.38. The molecule has 0 bridgehead atoms. The third-order valence-corrected chi connectivity index (χ3v) is 1.97. The Morgan fingerprint density at radius 3 is 2.73 bits per heavy atom. The van der Waals surface area contributed by atoms with Crippen molar-refractivity contribution in [2.75, 3.05) is 5.73 Å². The van der Waals surface area contributed by atoms with Crippen molar-refractivity contribution in [3.05, 3.63) is 42.2 Å². The van der Waals surface area contributed by atoms with Gasteiger partial charge in [0.25, 0.3) is 0 Å². The normalized spacial score (nSPS) is 9.93. The number of nitrogens with zero attached hydrogens (tertiary/aromatic N) is 2. The van der Waals surface area contributed by atoms with Crippen LogP contribution in [0.4, 0.5) is 5.82 Å². The molecule has 2 aromatic rings. The van der Waals surface area contributed by atoms with E-state index in [1.165, 1.54) is 6.33 Å². The van der Waals surface area contributed by atoms with Gasteiger partial charge in [0, 0.05) is 6.07 Å². The van der Waals surface area contributed by atoms with Gasteiger partial charge in [-0.25, -0.2) is 9.97 Å². The van der Waals surface area contributed by atoms with Crippen molar-refractivity contribution < 1.29 is 4.74 Å². The first kappa shape index (κ1) is 9.45. The molecule has 2 rings (SSSR count). The summed E-state index contributed by atoms with van der Waals surface area (Å²) in [6, 6.07) is 9.31. The van der Waals surface area contributed by atoms with E-state index in [-0.39, 0.29) is 0 Å². The van der Waals surface area contributed by atoms with Gasteiger partial charge in [0.15, 0.2) is 0 Å². The van der Waals surface area contributed by atoms with E-state index in [9.17, 15) is 0 Å². The van der Waals surface area contributed by atoms with Gasteiger partial charge in [-0.05, 0) is 18.6 Å². The molecule has 4 heteroatoms. The van der Waals surface area contributed by atoms with Gasteiger partial charge in [-0.1, -0.05) is 18.2 Å². The average molecular weight is 201 g/mol. The standard InChI is InChI=1S/C11H11N3O/c1-8-4-2-3-5-9(8)15-11-6-10(12)13-7-14-11/h2-7H,1H3,(H2,12,13,14). The summed E-state index contributed by atoms with van der Waals surface area (Å²) in [4.78, 5) is 7.75. The Labute approximate surface area is 87.7 Å². The molecule has 0 atom stereocenters. The van der Waals surface area contributed by atoms with E-state index < -0.39 is 0 Å². The van der Waals surface area contributed by atoms with Crippen LogP contribution in [-0.2, 0) is 0 Å². The summed E-state index contributed by atoms with van der Waals surface area (Å²) < 4.78 is 5.56. The maximum Gasteiger partial charge on any atom is 0.224 e. The molecule has 0 radical (unpaired) electrons. The number of para-hydroxylation sites is 1. The number of aromatic nitrogens is 2. The largest absolute Gasteiger partial charge is 0.439 e. The van der Waals surface area contributed by atoms with Crippen molar-refractivity contribution in [2.24, 2.45) is 0 Å². The molecule has 0 saturated carbocycles. The number of ether oxygens (including phenoxy) is 1. The van der Waals surface area contributed by atoms with E-state index >= 15 is 0 Å². The number of benzene rings is 1. The Morgan fingerprint density at radius 2 is 2.00 bits per heavy atom. The first-order chi connectivity index (χ1) is 7.25. The molecule has 0 unspecified atom stereocenters. The molecule has 1 heterocycles. The quantitative estimate of drug-likeness (QED) is 0.808. The number of nitrogens with two attached hydrogens (primary N) is 1. The van der Waals surface area contributed by atoms with E-state index in [2.05, 4.69) is 9.97 Å². The van der Waals surface area contributed by atoms with Gasteiger partial charge in [0.1, 0.15) is 17.9 Å². The Hall–Kier alpha value is -2.10. The summed E-state index contributed by atoms with van der Waals surface area (Å²) >= 11 is 0. The van der Waals surface area contributed by atoms with E-state index in [0.717, 1.165) is 11.3 Å². The van der Waals surface area contributed by atoms with Crippen LogP contribution < -0.4 is 10.5 Å². The number of anilines is 1. The lowest BCUT2D eigenvalue weighted by molar-refractivity contribution is 0.458.